The molecule has 4 aliphatic rings. The first-order valence-electron chi connectivity index (χ1n) is 18.4. The average Bonchev–Trinajstić information content (AvgIpc) is 3.43. The molecular formula is C40H57N3O7. The number of hydrogen-bond acceptors (Lipinski definition) is 7. The van der Waals surface area contributed by atoms with Gasteiger partial charge < -0.3 is 29.3 Å². The lowest BCUT2D eigenvalue weighted by Crippen LogP contribution is -2.59. The van der Waals surface area contributed by atoms with Crippen LogP contribution in [-0.2, 0) is 28.7 Å². The Balaban J connectivity index is 1.58. The summed E-state index contributed by atoms with van der Waals surface area (Å²) in [6.45, 7) is 13.3. The van der Waals surface area contributed by atoms with Crippen LogP contribution in [0, 0.1) is 17.3 Å². The van der Waals surface area contributed by atoms with Gasteiger partial charge in [-0.25, -0.2) is 0 Å². The van der Waals surface area contributed by atoms with E-state index in [9.17, 15) is 24.3 Å². The number of rotatable bonds is 9. The van der Waals surface area contributed by atoms with Gasteiger partial charge in [0.15, 0.2) is 0 Å². The summed E-state index contributed by atoms with van der Waals surface area (Å²) in [5.74, 6) is -3.12. The molecule has 1 N–H and O–H groups in total. The molecule has 2 fully saturated rings. The molecule has 4 aliphatic heterocycles. The fraction of sp³-hybridized carbons (Fsp3) is 0.650. The number of carbonyl (C=O) groups is 4. The minimum atomic E-state index is -1.38. The summed E-state index contributed by atoms with van der Waals surface area (Å²) in [7, 11) is 1.72. The molecule has 1 aromatic rings. The summed E-state index contributed by atoms with van der Waals surface area (Å²) in [6, 6.07) is 7.92. The maximum absolute atomic E-state index is 15.0. The van der Waals surface area contributed by atoms with Gasteiger partial charge >= 0.3 is 5.97 Å². The molecule has 0 bridgehead atoms. The normalized spacial score (nSPS) is 31.4. The van der Waals surface area contributed by atoms with E-state index in [0.29, 0.717) is 32.4 Å². The van der Waals surface area contributed by atoms with Crippen LogP contribution in [-0.4, -0.2) is 99.6 Å². The van der Waals surface area contributed by atoms with Crippen molar-refractivity contribution in [3.63, 3.8) is 0 Å². The molecule has 50 heavy (non-hydrogen) atoms. The van der Waals surface area contributed by atoms with Crippen molar-refractivity contribution in [2.24, 2.45) is 17.3 Å². The summed E-state index contributed by atoms with van der Waals surface area (Å²) in [5.41, 5.74) is -1.22. The Morgan fingerprint density at radius 3 is 2.32 bits per heavy atom. The summed E-state index contributed by atoms with van der Waals surface area (Å²) in [6.07, 6.45) is 10.2. The Labute approximate surface area is 297 Å². The van der Waals surface area contributed by atoms with Gasteiger partial charge in [-0.1, -0.05) is 88.2 Å². The predicted molar refractivity (Wildman–Crippen MR) is 191 cm³/mol. The fourth-order valence-corrected chi connectivity index (χ4v) is 8.81. The lowest BCUT2D eigenvalue weighted by molar-refractivity contribution is -0.164. The van der Waals surface area contributed by atoms with E-state index >= 15 is 0 Å². The number of nitrogens with zero attached hydrogens (tertiary/aromatic N) is 3. The van der Waals surface area contributed by atoms with Crippen molar-refractivity contribution in [1.29, 1.82) is 0 Å². The zero-order valence-electron chi connectivity index (χ0n) is 31.0. The third-order valence-electron chi connectivity index (χ3n) is 10.9. The van der Waals surface area contributed by atoms with Crippen molar-refractivity contribution in [1.82, 2.24) is 14.7 Å². The Morgan fingerprint density at radius 2 is 1.64 bits per heavy atom. The van der Waals surface area contributed by atoms with Gasteiger partial charge in [-0.05, 0) is 57.4 Å². The molecule has 10 heteroatoms. The molecule has 3 amide bonds. The highest BCUT2D eigenvalue weighted by Crippen LogP contribution is 2.54. The zero-order chi connectivity index (χ0) is 36.4. The molecule has 10 nitrogen and oxygen atoms in total. The second-order valence-corrected chi connectivity index (χ2v) is 16.4. The molecule has 274 valence electrons. The molecule has 0 unspecified atom stereocenters. The van der Waals surface area contributed by atoms with Crippen molar-refractivity contribution in [2.75, 3.05) is 26.7 Å². The summed E-state index contributed by atoms with van der Waals surface area (Å²) < 4.78 is 13.3. The molecule has 5 rings (SSSR count). The number of likely N-dealkylation sites (N-methyl/N-ethyl adjacent to an activating group) is 1. The van der Waals surface area contributed by atoms with E-state index in [4.69, 9.17) is 9.47 Å². The van der Waals surface area contributed by atoms with Crippen LogP contribution >= 0.6 is 0 Å². The molecule has 0 saturated carbocycles. The van der Waals surface area contributed by atoms with Gasteiger partial charge in [0.2, 0.25) is 17.7 Å². The van der Waals surface area contributed by atoms with Crippen LogP contribution in [0.25, 0.3) is 0 Å². The van der Waals surface area contributed by atoms with Crippen molar-refractivity contribution < 1.29 is 33.8 Å². The Bertz CT molecular complexity index is 1470. The first-order chi connectivity index (χ1) is 23.6. The van der Waals surface area contributed by atoms with Crippen LogP contribution in [0.2, 0.25) is 0 Å². The van der Waals surface area contributed by atoms with Crippen LogP contribution in [0.5, 0.6) is 0 Å². The van der Waals surface area contributed by atoms with E-state index < -0.39 is 53.2 Å². The third kappa shape index (κ3) is 7.42. The Hall–Kier alpha value is -3.50. The first kappa shape index (κ1) is 37.7. The summed E-state index contributed by atoms with van der Waals surface area (Å²) in [4.78, 5) is 62.7. The summed E-state index contributed by atoms with van der Waals surface area (Å²) in [5, 5.41) is 9.31. The van der Waals surface area contributed by atoms with Crippen LogP contribution in [0.3, 0.4) is 0 Å². The van der Waals surface area contributed by atoms with E-state index in [1.807, 2.05) is 60.4 Å². The molecule has 2 saturated heterocycles. The third-order valence-corrected chi connectivity index (χ3v) is 10.9. The van der Waals surface area contributed by atoms with Crippen LogP contribution in [0.15, 0.2) is 54.6 Å². The second-order valence-electron chi connectivity index (χ2n) is 16.4. The predicted octanol–water partition coefficient (Wildman–Crippen LogP) is 5.21. The molecule has 4 heterocycles. The van der Waals surface area contributed by atoms with E-state index in [0.717, 1.165) is 24.8 Å². The fourth-order valence-electron chi connectivity index (χ4n) is 8.81. The number of carbonyl (C=O) groups excluding carboxylic acids is 4. The number of unbranched alkanes of at least 4 members (excludes halogenated alkanes) is 3. The van der Waals surface area contributed by atoms with Gasteiger partial charge in [0.05, 0.1) is 18.1 Å². The lowest BCUT2D eigenvalue weighted by atomic mass is 9.77. The van der Waals surface area contributed by atoms with Crippen LogP contribution in [0.1, 0.15) is 98.2 Å². The van der Waals surface area contributed by atoms with Gasteiger partial charge in [-0.2, -0.15) is 0 Å². The van der Waals surface area contributed by atoms with Gasteiger partial charge in [0.25, 0.3) is 0 Å². The molecule has 0 radical (unpaired) electrons. The van der Waals surface area contributed by atoms with Crippen LogP contribution in [0.4, 0.5) is 0 Å². The highest BCUT2D eigenvalue weighted by molar-refractivity contribution is 5.99. The van der Waals surface area contributed by atoms with Crippen molar-refractivity contribution in [3.05, 3.63) is 60.2 Å². The topological polar surface area (TPSA) is 117 Å². The molecule has 0 aliphatic carbocycles. The first-order valence-corrected chi connectivity index (χ1v) is 18.4. The number of esters is 1. The van der Waals surface area contributed by atoms with E-state index in [1.165, 1.54) is 0 Å². The molecule has 0 aromatic heterocycles. The number of cyclic esters (lactones) is 1. The zero-order valence-corrected chi connectivity index (χ0v) is 31.0. The lowest BCUT2D eigenvalue weighted by Gasteiger charge is -2.44. The molecule has 1 spiro atoms. The van der Waals surface area contributed by atoms with E-state index in [-0.39, 0.29) is 36.2 Å². The largest absolute Gasteiger partial charge is 0.455 e. The number of amides is 3. The molecule has 7 atom stereocenters. The minimum absolute atomic E-state index is 0.0574. The van der Waals surface area contributed by atoms with E-state index in [1.54, 1.807) is 22.9 Å². The smallest absolute Gasteiger partial charge is 0.313 e. The number of likely N-dealkylation sites (tertiary alicyclic amines) is 1. The Morgan fingerprint density at radius 1 is 0.940 bits per heavy atom. The molecular weight excluding hydrogens is 634 g/mol. The van der Waals surface area contributed by atoms with E-state index in [2.05, 4.69) is 34.6 Å². The number of aliphatic hydroxyl groups is 1. The number of hydrogen-bond donors (Lipinski definition) is 1. The number of fused-ring (bicyclic) bond motifs is 2. The van der Waals surface area contributed by atoms with Crippen molar-refractivity contribution in [3.8, 4) is 0 Å². The second kappa shape index (κ2) is 15.0. The van der Waals surface area contributed by atoms with Gasteiger partial charge in [-0.15, -0.1) is 0 Å². The maximum atomic E-state index is 15.0. The quantitative estimate of drug-likeness (QED) is 0.215. The monoisotopic (exact) mass is 691 g/mol. The number of allylic oxidation sites excluding steroid dienone is 1. The standard InChI is InChI=1S/C40H57N3O7/c1-27-33(28-18-11-10-12-19-28)49-37(48)31-29(20-13-14-21-30(45)41(27)7)50-40-22-17-24-43(39(5,6)26-38(2,3)4)36(47)34(40)42(35(46)32(31)40)23-15-8-9-16-25-44/h10-13,17-20,22,27,29,31-34,44H,8-9,14-16,21,23-26H2,1-7H3/b20-13-/t27-,29-,31+,32+,33+,34-,40+/m0/s1. The van der Waals surface area contributed by atoms with Gasteiger partial charge in [0, 0.05) is 38.7 Å². The Kier molecular flexibility index (Phi) is 11.3. The minimum Gasteiger partial charge on any atom is -0.455 e. The van der Waals surface area contributed by atoms with Crippen molar-refractivity contribution in [2.45, 2.75) is 122 Å². The maximum Gasteiger partial charge on any atom is 0.313 e. The van der Waals surface area contributed by atoms with Crippen LogP contribution < -0.4 is 0 Å². The number of benzene rings is 1. The van der Waals surface area contributed by atoms with Crippen molar-refractivity contribution >= 4 is 23.7 Å². The average molecular weight is 692 g/mol. The highest BCUT2D eigenvalue weighted by Gasteiger charge is 2.72. The SMILES string of the molecule is C[C@H]1[C@H](c2ccccc2)OC(=O)[C@@H]2[C@H](/C=C\CCC(=O)N1C)O[C@@]13C=CCN(C(C)(C)CC(C)(C)C)C(=O)[C@@H]1N(CCCCCCO)C(=O)[C@@H]23. The van der Waals surface area contributed by atoms with Gasteiger partial charge in [0.1, 0.15) is 23.7 Å². The van der Waals surface area contributed by atoms with Gasteiger partial charge in [-0.3, -0.25) is 19.2 Å². The number of ether oxygens (including phenoxy) is 2. The number of aliphatic hydroxyl groups excluding tert-OH is 1. The molecule has 1 aromatic carbocycles. The highest BCUT2D eigenvalue weighted by atomic mass is 16.6. The summed E-state index contributed by atoms with van der Waals surface area (Å²) >= 11 is 0.